The molecule has 1 atom stereocenters. The normalized spacial score (nSPS) is 21.1. The lowest BCUT2D eigenvalue weighted by Crippen LogP contribution is -2.28. The maximum Gasteiger partial charge on any atom is 0.228 e. The molecule has 0 aromatic heterocycles. The third-order valence-electron chi connectivity index (χ3n) is 2.62. The van der Waals surface area contributed by atoms with Crippen LogP contribution in [0.5, 0.6) is 0 Å². The molecule has 80 valence electrons. The molecule has 1 fully saturated rings. The third-order valence-corrected chi connectivity index (χ3v) is 2.62. The zero-order chi connectivity index (χ0) is 11.0. The Hall–Kier alpha value is -1.42. The summed E-state index contributed by atoms with van der Waals surface area (Å²) in [7, 11) is 0. The molecule has 3 nitrogen and oxygen atoms in total. The number of benzene rings is 1. The average molecular weight is 208 g/mol. The molecule has 0 bridgehead atoms. The molecule has 0 aliphatic carbocycles. The van der Waals surface area contributed by atoms with Crippen molar-refractivity contribution in [2.75, 3.05) is 11.4 Å². The molecule has 1 aliphatic heterocycles. The number of amides is 1. The highest BCUT2D eigenvalue weighted by Gasteiger charge is 2.28. The lowest BCUT2D eigenvalue weighted by molar-refractivity contribution is -0.117. The Bertz CT molecular complexity index is 406. The van der Waals surface area contributed by atoms with Crippen molar-refractivity contribution in [2.45, 2.75) is 19.4 Å². The molecule has 1 saturated heterocycles. The summed E-state index contributed by atoms with van der Waals surface area (Å²) >= 11 is 0. The number of nitrogens with two attached hydrogens (primary N) is 1. The summed E-state index contributed by atoms with van der Waals surface area (Å²) in [5.41, 5.74) is 6.84. The monoisotopic (exact) mass is 208 g/mol. The number of aryl methyl sites for hydroxylation is 1. The van der Waals surface area contributed by atoms with Gasteiger partial charge in [0.2, 0.25) is 5.91 Å². The molecular formula is C11H13FN2O. The van der Waals surface area contributed by atoms with Gasteiger partial charge in [-0.15, -0.1) is 0 Å². The molecule has 15 heavy (non-hydrogen) atoms. The van der Waals surface area contributed by atoms with E-state index in [1.807, 2.05) is 0 Å². The van der Waals surface area contributed by atoms with Crippen molar-refractivity contribution in [2.24, 2.45) is 5.73 Å². The van der Waals surface area contributed by atoms with Crippen molar-refractivity contribution < 1.29 is 9.18 Å². The first kappa shape index (κ1) is 10.1. The molecule has 1 heterocycles. The van der Waals surface area contributed by atoms with E-state index in [1.54, 1.807) is 19.1 Å². The highest BCUT2D eigenvalue weighted by Crippen LogP contribution is 2.22. The molecule has 1 aromatic carbocycles. The van der Waals surface area contributed by atoms with Gasteiger partial charge in [0.15, 0.2) is 0 Å². The molecule has 2 N–H and O–H groups in total. The number of carbonyl (C=O) groups excluding carboxylic acids is 1. The summed E-state index contributed by atoms with van der Waals surface area (Å²) in [6.45, 7) is 2.16. The van der Waals surface area contributed by atoms with Gasteiger partial charge >= 0.3 is 0 Å². The first-order chi connectivity index (χ1) is 7.08. The highest BCUT2D eigenvalue weighted by molar-refractivity contribution is 5.96. The fourth-order valence-corrected chi connectivity index (χ4v) is 1.73. The Morgan fingerprint density at radius 3 is 2.80 bits per heavy atom. The Morgan fingerprint density at radius 2 is 2.27 bits per heavy atom. The molecule has 0 radical (unpaired) electrons. The predicted molar refractivity (Wildman–Crippen MR) is 56.1 cm³/mol. The van der Waals surface area contributed by atoms with Crippen molar-refractivity contribution in [3.05, 3.63) is 29.6 Å². The minimum atomic E-state index is -0.291. The number of rotatable bonds is 1. The summed E-state index contributed by atoms with van der Waals surface area (Å²) in [5.74, 6) is -0.327. The largest absolute Gasteiger partial charge is 0.326 e. The number of hydrogen-bond donors (Lipinski definition) is 1. The summed E-state index contributed by atoms with van der Waals surface area (Å²) in [5, 5.41) is 0. The fourth-order valence-electron chi connectivity index (χ4n) is 1.73. The van der Waals surface area contributed by atoms with E-state index < -0.39 is 0 Å². The van der Waals surface area contributed by atoms with Gasteiger partial charge in [-0.2, -0.15) is 0 Å². The second kappa shape index (κ2) is 3.62. The van der Waals surface area contributed by atoms with Gasteiger partial charge in [0.05, 0.1) is 0 Å². The van der Waals surface area contributed by atoms with Gasteiger partial charge in [-0.3, -0.25) is 4.79 Å². The van der Waals surface area contributed by atoms with E-state index in [9.17, 15) is 9.18 Å². The molecule has 1 aromatic rings. The summed E-state index contributed by atoms with van der Waals surface area (Å²) < 4.78 is 13.3. The lowest BCUT2D eigenvalue weighted by Gasteiger charge is -2.16. The Balaban J connectivity index is 2.30. The van der Waals surface area contributed by atoms with E-state index in [0.717, 1.165) is 0 Å². The first-order valence-electron chi connectivity index (χ1n) is 4.90. The van der Waals surface area contributed by atoms with Crippen LogP contribution in [0, 0.1) is 12.7 Å². The van der Waals surface area contributed by atoms with Crippen molar-refractivity contribution >= 4 is 11.6 Å². The van der Waals surface area contributed by atoms with Crippen LogP contribution in [0.3, 0.4) is 0 Å². The zero-order valence-corrected chi connectivity index (χ0v) is 8.53. The van der Waals surface area contributed by atoms with Gasteiger partial charge in [-0.05, 0) is 24.6 Å². The SMILES string of the molecule is Cc1ccc(N2CC(N)CC2=O)cc1F. The molecule has 0 spiro atoms. The topological polar surface area (TPSA) is 46.3 Å². The molecule has 4 heteroatoms. The van der Waals surface area contributed by atoms with Gasteiger partial charge in [0.1, 0.15) is 5.82 Å². The number of hydrogen-bond acceptors (Lipinski definition) is 2. The molecule has 0 saturated carbocycles. The van der Waals surface area contributed by atoms with Crippen molar-refractivity contribution in [3.8, 4) is 0 Å². The van der Waals surface area contributed by atoms with Gasteiger partial charge in [-0.25, -0.2) is 4.39 Å². The Labute approximate surface area is 87.7 Å². The lowest BCUT2D eigenvalue weighted by atomic mass is 10.2. The Kier molecular flexibility index (Phi) is 2.44. The van der Waals surface area contributed by atoms with E-state index in [4.69, 9.17) is 5.73 Å². The molecule has 1 aliphatic rings. The van der Waals surface area contributed by atoms with Gasteiger partial charge in [0.25, 0.3) is 0 Å². The molecule has 1 unspecified atom stereocenters. The second-order valence-corrected chi connectivity index (χ2v) is 3.90. The summed E-state index contributed by atoms with van der Waals surface area (Å²) in [4.78, 5) is 13.0. The van der Waals surface area contributed by atoms with Crippen LogP contribution in [-0.2, 0) is 4.79 Å². The van der Waals surface area contributed by atoms with Crippen molar-refractivity contribution in [1.29, 1.82) is 0 Å². The quantitative estimate of drug-likeness (QED) is 0.753. The molecule has 1 amide bonds. The number of nitrogens with zero attached hydrogens (tertiary/aromatic N) is 1. The minimum Gasteiger partial charge on any atom is -0.326 e. The van der Waals surface area contributed by atoms with Crippen molar-refractivity contribution in [1.82, 2.24) is 0 Å². The smallest absolute Gasteiger partial charge is 0.228 e. The fraction of sp³-hybridized carbons (Fsp3) is 0.364. The van der Waals surface area contributed by atoms with Crippen LogP contribution in [0.1, 0.15) is 12.0 Å². The minimum absolute atomic E-state index is 0.0363. The summed E-state index contributed by atoms with van der Waals surface area (Å²) in [6, 6.07) is 4.66. The zero-order valence-electron chi connectivity index (χ0n) is 8.53. The van der Waals surface area contributed by atoms with Crippen LogP contribution < -0.4 is 10.6 Å². The van der Waals surface area contributed by atoms with E-state index >= 15 is 0 Å². The number of anilines is 1. The average Bonchev–Trinajstić information content (AvgIpc) is 2.50. The maximum atomic E-state index is 13.3. The standard InChI is InChI=1S/C11H13FN2O/c1-7-2-3-9(5-10(7)12)14-6-8(13)4-11(14)15/h2-3,5,8H,4,6,13H2,1H3. The van der Waals surface area contributed by atoms with Gasteiger partial charge < -0.3 is 10.6 Å². The first-order valence-corrected chi connectivity index (χ1v) is 4.90. The molecule has 2 rings (SSSR count). The number of halogens is 1. The van der Waals surface area contributed by atoms with E-state index in [1.165, 1.54) is 11.0 Å². The van der Waals surface area contributed by atoms with Crippen molar-refractivity contribution in [3.63, 3.8) is 0 Å². The van der Waals surface area contributed by atoms with Crippen LogP contribution in [-0.4, -0.2) is 18.5 Å². The highest BCUT2D eigenvalue weighted by atomic mass is 19.1. The van der Waals surface area contributed by atoms with Crippen LogP contribution in [0.15, 0.2) is 18.2 Å². The molecular weight excluding hydrogens is 195 g/mol. The van der Waals surface area contributed by atoms with Gasteiger partial charge in [-0.1, -0.05) is 6.07 Å². The van der Waals surface area contributed by atoms with E-state index in [-0.39, 0.29) is 17.8 Å². The predicted octanol–water partition coefficient (Wildman–Crippen LogP) is 1.20. The van der Waals surface area contributed by atoms with E-state index in [2.05, 4.69) is 0 Å². The van der Waals surface area contributed by atoms with Gasteiger partial charge in [0, 0.05) is 24.7 Å². The third kappa shape index (κ3) is 1.85. The maximum absolute atomic E-state index is 13.3. The van der Waals surface area contributed by atoms with Crippen LogP contribution >= 0.6 is 0 Å². The Morgan fingerprint density at radius 1 is 1.53 bits per heavy atom. The second-order valence-electron chi connectivity index (χ2n) is 3.90. The van der Waals surface area contributed by atoms with Crippen LogP contribution in [0.25, 0.3) is 0 Å². The number of carbonyl (C=O) groups is 1. The summed E-state index contributed by atoms with van der Waals surface area (Å²) in [6.07, 6.45) is 0.343. The van der Waals surface area contributed by atoms with E-state index in [0.29, 0.717) is 24.2 Å². The van der Waals surface area contributed by atoms with Crippen LogP contribution in [0.4, 0.5) is 10.1 Å². The van der Waals surface area contributed by atoms with Crippen LogP contribution in [0.2, 0.25) is 0 Å².